The molecule has 0 bridgehead atoms. The number of hydrazine groups is 1. The van der Waals surface area contributed by atoms with Crippen LogP contribution in [0, 0.1) is 5.92 Å². The second-order valence-electron chi connectivity index (χ2n) is 5.95. The van der Waals surface area contributed by atoms with E-state index in [1.807, 2.05) is 6.07 Å². The second kappa shape index (κ2) is 9.44. The van der Waals surface area contributed by atoms with Gasteiger partial charge in [-0.15, -0.1) is 0 Å². The number of amides is 3. The Bertz CT molecular complexity index is 836. The molecule has 0 fully saturated rings. The van der Waals surface area contributed by atoms with Crippen LogP contribution in [-0.4, -0.2) is 22.8 Å². The summed E-state index contributed by atoms with van der Waals surface area (Å²) in [4.78, 5) is 35.7. The average molecular weight is 384 g/mol. The van der Waals surface area contributed by atoms with Gasteiger partial charge in [0.05, 0.1) is 0 Å². The first kappa shape index (κ1) is 20.1. The standard InChI is InChI=1S/C19H20N4O3S/c1-12(2)16(24)21-19(27)23-22-18(26)14-8-10-15(11-9-14)20-17(25)13-6-4-3-5-7-13/h3-12H,1-2H3,(H,20,25)(H,22,26)(H2,21,23,24,27). The minimum atomic E-state index is -0.433. The van der Waals surface area contributed by atoms with Gasteiger partial charge in [0.2, 0.25) is 5.91 Å². The van der Waals surface area contributed by atoms with Crippen LogP contribution in [0.3, 0.4) is 0 Å². The van der Waals surface area contributed by atoms with Crippen LogP contribution in [0.4, 0.5) is 5.69 Å². The topological polar surface area (TPSA) is 99.3 Å². The molecule has 7 nitrogen and oxygen atoms in total. The van der Waals surface area contributed by atoms with Crippen LogP contribution in [0.1, 0.15) is 34.6 Å². The molecule has 0 aromatic heterocycles. The van der Waals surface area contributed by atoms with Crippen LogP contribution in [0.2, 0.25) is 0 Å². The van der Waals surface area contributed by atoms with Crippen LogP contribution in [0.25, 0.3) is 0 Å². The number of rotatable bonds is 4. The molecule has 0 aliphatic carbocycles. The first-order chi connectivity index (χ1) is 12.9. The molecule has 0 saturated carbocycles. The lowest BCUT2D eigenvalue weighted by atomic mass is 10.1. The van der Waals surface area contributed by atoms with Crippen molar-refractivity contribution in [2.45, 2.75) is 13.8 Å². The Labute approximate surface area is 162 Å². The summed E-state index contributed by atoms with van der Waals surface area (Å²) < 4.78 is 0. The van der Waals surface area contributed by atoms with E-state index in [0.29, 0.717) is 16.8 Å². The molecular formula is C19H20N4O3S. The summed E-state index contributed by atoms with van der Waals surface area (Å²) in [5, 5.41) is 5.21. The van der Waals surface area contributed by atoms with Gasteiger partial charge >= 0.3 is 0 Å². The maximum Gasteiger partial charge on any atom is 0.269 e. The summed E-state index contributed by atoms with van der Waals surface area (Å²) in [6.07, 6.45) is 0. The highest BCUT2D eigenvalue weighted by atomic mass is 32.1. The van der Waals surface area contributed by atoms with Crippen molar-refractivity contribution in [1.82, 2.24) is 16.2 Å². The lowest BCUT2D eigenvalue weighted by Gasteiger charge is -2.12. The van der Waals surface area contributed by atoms with E-state index in [-0.39, 0.29) is 22.8 Å². The van der Waals surface area contributed by atoms with Crippen LogP contribution >= 0.6 is 12.2 Å². The van der Waals surface area contributed by atoms with Crippen molar-refractivity contribution in [3.05, 3.63) is 65.7 Å². The second-order valence-corrected chi connectivity index (χ2v) is 6.36. The molecule has 3 amide bonds. The number of benzene rings is 2. The molecule has 8 heteroatoms. The van der Waals surface area contributed by atoms with Crippen molar-refractivity contribution in [3.8, 4) is 0 Å². The molecule has 0 spiro atoms. The highest BCUT2D eigenvalue weighted by molar-refractivity contribution is 7.80. The van der Waals surface area contributed by atoms with E-state index in [9.17, 15) is 14.4 Å². The molecule has 2 rings (SSSR count). The predicted molar refractivity (Wildman–Crippen MR) is 107 cm³/mol. The van der Waals surface area contributed by atoms with E-state index in [0.717, 1.165) is 0 Å². The molecular weight excluding hydrogens is 364 g/mol. The van der Waals surface area contributed by atoms with Crippen LogP contribution < -0.4 is 21.5 Å². The number of anilines is 1. The Hall–Kier alpha value is -3.26. The van der Waals surface area contributed by atoms with Crippen molar-refractivity contribution in [3.63, 3.8) is 0 Å². The normalized spacial score (nSPS) is 10.0. The lowest BCUT2D eigenvalue weighted by molar-refractivity contribution is -0.122. The Kier molecular flexibility index (Phi) is 7.01. The molecule has 0 saturated heterocycles. The first-order valence-electron chi connectivity index (χ1n) is 8.24. The molecule has 0 heterocycles. The van der Waals surface area contributed by atoms with Gasteiger partial charge in [-0.05, 0) is 48.6 Å². The largest absolute Gasteiger partial charge is 0.322 e. The molecule has 27 heavy (non-hydrogen) atoms. The zero-order chi connectivity index (χ0) is 19.8. The molecule has 140 valence electrons. The minimum absolute atomic E-state index is 0.00814. The molecule has 0 atom stereocenters. The van der Waals surface area contributed by atoms with Gasteiger partial charge in [0, 0.05) is 22.7 Å². The third kappa shape index (κ3) is 6.19. The Morgan fingerprint density at radius 2 is 1.41 bits per heavy atom. The van der Waals surface area contributed by atoms with Gasteiger partial charge in [0.15, 0.2) is 5.11 Å². The maximum absolute atomic E-state index is 12.1. The van der Waals surface area contributed by atoms with Crippen LogP contribution in [0.5, 0.6) is 0 Å². The van der Waals surface area contributed by atoms with Gasteiger partial charge in [-0.1, -0.05) is 32.0 Å². The minimum Gasteiger partial charge on any atom is -0.322 e. The highest BCUT2D eigenvalue weighted by Crippen LogP contribution is 2.11. The molecule has 0 aliphatic heterocycles. The molecule has 0 aliphatic rings. The quantitative estimate of drug-likeness (QED) is 0.479. The Morgan fingerprint density at radius 3 is 2.00 bits per heavy atom. The maximum atomic E-state index is 12.1. The van der Waals surface area contributed by atoms with Crippen molar-refractivity contribution in [2.24, 2.45) is 5.92 Å². The zero-order valence-corrected chi connectivity index (χ0v) is 15.7. The number of hydrogen-bond acceptors (Lipinski definition) is 4. The van der Waals surface area contributed by atoms with E-state index in [2.05, 4.69) is 21.5 Å². The fourth-order valence-corrected chi connectivity index (χ4v) is 2.12. The summed E-state index contributed by atoms with van der Waals surface area (Å²) in [5.74, 6) is -1.14. The summed E-state index contributed by atoms with van der Waals surface area (Å²) in [7, 11) is 0. The average Bonchev–Trinajstić information content (AvgIpc) is 2.67. The summed E-state index contributed by atoms with van der Waals surface area (Å²) in [5.41, 5.74) is 6.33. The third-order valence-electron chi connectivity index (χ3n) is 3.49. The molecule has 0 unspecified atom stereocenters. The van der Waals surface area contributed by atoms with Crippen molar-refractivity contribution in [2.75, 3.05) is 5.32 Å². The third-order valence-corrected chi connectivity index (χ3v) is 3.70. The number of carbonyl (C=O) groups excluding carboxylic acids is 3. The van der Waals surface area contributed by atoms with Crippen LogP contribution in [-0.2, 0) is 4.79 Å². The van der Waals surface area contributed by atoms with E-state index in [1.165, 1.54) is 0 Å². The van der Waals surface area contributed by atoms with Gasteiger partial charge < -0.3 is 10.6 Å². The predicted octanol–water partition coefficient (Wildman–Crippen LogP) is 2.23. The van der Waals surface area contributed by atoms with Crippen LogP contribution in [0.15, 0.2) is 54.6 Å². The Morgan fingerprint density at radius 1 is 0.815 bits per heavy atom. The van der Waals surface area contributed by atoms with E-state index >= 15 is 0 Å². The number of thiocarbonyl (C=S) groups is 1. The van der Waals surface area contributed by atoms with Gasteiger partial charge in [0.1, 0.15) is 0 Å². The van der Waals surface area contributed by atoms with Crippen molar-refractivity contribution in [1.29, 1.82) is 0 Å². The monoisotopic (exact) mass is 384 g/mol. The molecule has 4 N–H and O–H groups in total. The molecule has 2 aromatic carbocycles. The molecule has 2 aromatic rings. The fraction of sp³-hybridized carbons (Fsp3) is 0.158. The number of nitrogens with one attached hydrogen (secondary N) is 4. The SMILES string of the molecule is CC(C)C(=O)NC(=S)NNC(=O)c1ccc(NC(=O)c2ccccc2)cc1. The van der Waals surface area contributed by atoms with Gasteiger partial charge in [0.25, 0.3) is 11.8 Å². The van der Waals surface area contributed by atoms with Gasteiger partial charge in [-0.3, -0.25) is 25.2 Å². The van der Waals surface area contributed by atoms with Crippen molar-refractivity contribution < 1.29 is 14.4 Å². The first-order valence-corrected chi connectivity index (χ1v) is 8.65. The fourth-order valence-electron chi connectivity index (χ4n) is 1.97. The number of hydrogen-bond donors (Lipinski definition) is 4. The highest BCUT2D eigenvalue weighted by Gasteiger charge is 2.11. The Balaban J connectivity index is 1.87. The summed E-state index contributed by atoms with van der Waals surface area (Å²) in [6.45, 7) is 3.46. The zero-order valence-electron chi connectivity index (χ0n) is 14.9. The van der Waals surface area contributed by atoms with Gasteiger partial charge in [-0.2, -0.15) is 0 Å². The summed E-state index contributed by atoms with van der Waals surface area (Å²) >= 11 is 4.93. The van der Waals surface area contributed by atoms with Gasteiger partial charge in [-0.25, -0.2) is 0 Å². The molecule has 0 radical (unpaired) electrons. The van der Waals surface area contributed by atoms with E-state index in [1.54, 1.807) is 62.4 Å². The van der Waals surface area contributed by atoms with E-state index < -0.39 is 5.91 Å². The lowest BCUT2D eigenvalue weighted by Crippen LogP contribution is -2.49. The smallest absolute Gasteiger partial charge is 0.269 e. The number of carbonyl (C=O) groups is 3. The van der Waals surface area contributed by atoms with E-state index in [4.69, 9.17) is 12.2 Å². The summed E-state index contributed by atoms with van der Waals surface area (Å²) in [6, 6.07) is 15.2. The van der Waals surface area contributed by atoms with Crippen molar-refractivity contribution >= 4 is 40.7 Å².